The van der Waals surface area contributed by atoms with Gasteiger partial charge >= 0.3 is 0 Å². The first-order valence-corrected chi connectivity index (χ1v) is 4.68. The largest absolute Gasteiger partial charge is 0.493 e. The Labute approximate surface area is 91.4 Å². The maximum Gasteiger partial charge on any atom is 0.239 e. The van der Waals surface area contributed by atoms with Gasteiger partial charge in [0, 0.05) is 25.0 Å². The summed E-state index contributed by atoms with van der Waals surface area (Å²) in [5.41, 5.74) is 7.16. The van der Waals surface area contributed by atoms with E-state index in [0.29, 0.717) is 6.42 Å². The van der Waals surface area contributed by atoms with Crippen molar-refractivity contribution in [3.63, 3.8) is 0 Å². The molecule has 1 aromatic heterocycles. The maximum absolute atomic E-state index is 11.3. The molecule has 0 saturated carbocycles. The predicted molar refractivity (Wildman–Crippen MR) is 55.2 cm³/mol. The van der Waals surface area contributed by atoms with Crippen LogP contribution >= 0.6 is 0 Å². The zero-order chi connectivity index (χ0) is 12.1. The molecule has 1 heterocycles. The minimum absolute atomic E-state index is 0.0833. The van der Waals surface area contributed by atoms with Crippen LogP contribution in [0.5, 0.6) is 11.8 Å². The van der Waals surface area contributed by atoms with Gasteiger partial charge in [-0.05, 0) is 6.42 Å². The number of primary amides is 1. The first-order valence-electron chi connectivity index (χ1n) is 4.68. The number of amides is 2. The number of carbonyl (C=O) groups excluding carboxylic acids is 2. The highest BCUT2D eigenvalue weighted by molar-refractivity contribution is 5.84. The third-order valence-electron chi connectivity index (χ3n) is 1.90. The van der Waals surface area contributed by atoms with Crippen LogP contribution in [0, 0.1) is 0 Å². The van der Waals surface area contributed by atoms with Crippen LogP contribution in [0.4, 0.5) is 0 Å². The average Bonchev–Trinajstić information content (AvgIpc) is 2.49. The van der Waals surface area contributed by atoms with Crippen LogP contribution in [0.2, 0.25) is 0 Å². The number of hydrogen-bond donors (Lipinski definition) is 4. The molecule has 1 rings (SSSR count). The third-order valence-corrected chi connectivity index (χ3v) is 1.90. The van der Waals surface area contributed by atoms with Crippen molar-refractivity contribution in [3.05, 3.63) is 12.1 Å². The molecule has 0 radical (unpaired) electrons. The highest BCUT2D eigenvalue weighted by Gasteiger charge is 2.09. The maximum atomic E-state index is 11.3. The lowest BCUT2D eigenvalue weighted by atomic mass is 10.2. The zero-order valence-electron chi connectivity index (χ0n) is 8.51. The standard InChI is InChI=1S/C9H13N3O4/c10-6(13)2-1-3-7(14)11-12-8(15)4-5-9(12)16/h4-5,15-16H,1-3H2,(H2,10,13)(H,11,14). The molecule has 0 saturated heterocycles. The summed E-state index contributed by atoms with van der Waals surface area (Å²) < 4.78 is 0.840. The van der Waals surface area contributed by atoms with Gasteiger partial charge in [0.25, 0.3) is 0 Å². The van der Waals surface area contributed by atoms with Crippen molar-refractivity contribution in [1.82, 2.24) is 4.68 Å². The van der Waals surface area contributed by atoms with Gasteiger partial charge < -0.3 is 15.9 Å². The summed E-state index contributed by atoms with van der Waals surface area (Å²) in [6, 6.07) is 2.47. The Hall–Kier alpha value is -2.18. The number of aromatic nitrogens is 1. The SMILES string of the molecule is NC(=O)CCCC(=O)Nn1c(O)ccc1O. The Balaban J connectivity index is 2.43. The third kappa shape index (κ3) is 3.19. The fraction of sp³-hybridized carbons (Fsp3) is 0.333. The molecule has 7 heteroatoms. The van der Waals surface area contributed by atoms with Gasteiger partial charge in [-0.25, -0.2) is 0 Å². The highest BCUT2D eigenvalue weighted by Crippen LogP contribution is 2.18. The van der Waals surface area contributed by atoms with Gasteiger partial charge in [0.1, 0.15) is 0 Å². The van der Waals surface area contributed by atoms with E-state index in [2.05, 4.69) is 5.43 Å². The van der Waals surface area contributed by atoms with E-state index in [1.807, 2.05) is 0 Å². The Kier molecular flexibility index (Phi) is 3.76. The summed E-state index contributed by atoms with van der Waals surface area (Å²) in [6.07, 6.45) is 0.529. The number of hydrogen-bond acceptors (Lipinski definition) is 4. The van der Waals surface area contributed by atoms with Crippen LogP contribution in [-0.2, 0) is 9.59 Å². The number of nitrogens with one attached hydrogen (secondary N) is 1. The van der Waals surface area contributed by atoms with E-state index in [0.717, 1.165) is 4.68 Å². The Morgan fingerprint density at radius 1 is 1.25 bits per heavy atom. The van der Waals surface area contributed by atoms with E-state index in [1.165, 1.54) is 12.1 Å². The molecule has 88 valence electrons. The second-order valence-electron chi connectivity index (χ2n) is 3.24. The number of rotatable bonds is 5. The monoisotopic (exact) mass is 227 g/mol. The molecular formula is C9H13N3O4. The second-order valence-corrected chi connectivity index (χ2v) is 3.24. The van der Waals surface area contributed by atoms with Crippen LogP contribution < -0.4 is 11.2 Å². The Morgan fingerprint density at radius 3 is 2.31 bits per heavy atom. The molecule has 0 spiro atoms. The van der Waals surface area contributed by atoms with Crippen LogP contribution in [-0.4, -0.2) is 26.7 Å². The molecule has 0 bridgehead atoms. The van der Waals surface area contributed by atoms with Crippen LogP contribution in [0.1, 0.15) is 19.3 Å². The van der Waals surface area contributed by atoms with Crippen LogP contribution in [0.25, 0.3) is 0 Å². The minimum Gasteiger partial charge on any atom is -0.493 e. The first kappa shape index (κ1) is 11.9. The average molecular weight is 227 g/mol. The summed E-state index contributed by atoms with van der Waals surface area (Å²) in [5.74, 6) is -1.45. The quantitative estimate of drug-likeness (QED) is 0.548. The first-order chi connectivity index (χ1) is 7.50. The molecule has 0 fully saturated rings. The lowest BCUT2D eigenvalue weighted by Crippen LogP contribution is -2.22. The van der Waals surface area contributed by atoms with Crippen molar-refractivity contribution in [3.8, 4) is 11.8 Å². The van der Waals surface area contributed by atoms with E-state index < -0.39 is 11.8 Å². The van der Waals surface area contributed by atoms with Crippen molar-refractivity contribution >= 4 is 11.8 Å². The van der Waals surface area contributed by atoms with Gasteiger partial charge in [0.15, 0.2) is 0 Å². The van der Waals surface area contributed by atoms with E-state index >= 15 is 0 Å². The summed E-state index contributed by atoms with van der Waals surface area (Å²) in [7, 11) is 0. The molecule has 5 N–H and O–H groups in total. The van der Waals surface area contributed by atoms with Gasteiger partial charge in [-0.3, -0.25) is 15.0 Å². The van der Waals surface area contributed by atoms with Gasteiger partial charge in [0.05, 0.1) is 0 Å². The van der Waals surface area contributed by atoms with Crippen molar-refractivity contribution < 1.29 is 19.8 Å². The van der Waals surface area contributed by atoms with E-state index in [9.17, 15) is 19.8 Å². The summed E-state index contributed by atoms with van der Waals surface area (Å²) in [4.78, 5) is 21.7. The fourth-order valence-electron chi connectivity index (χ4n) is 1.13. The van der Waals surface area contributed by atoms with Gasteiger partial charge in [0.2, 0.25) is 23.6 Å². The molecule has 0 aromatic carbocycles. The number of aromatic hydroxyl groups is 2. The van der Waals surface area contributed by atoms with Gasteiger partial charge in [-0.2, -0.15) is 4.68 Å². The summed E-state index contributed by atoms with van der Waals surface area (Å²) in [5, 5.41) is 18.4. The molecule has 0 unspecified atom stereocenters. The lowest BCUT2D eigenvalue weighted by Gasteiger charge is -2.08. The molecule has 0 aliphatic rings. The van der Waals surface area contributed by atoms with Crippen molar-refractivity contribution in [2.45, 2.75) is 19.3 Å². The lowest BCUT2D eigenvalue weighted by molar-refractivity contribution is -0.118. The van der Waals surface area contributed by atoms with Crippen LogP contribution in [0.3, 0.4) is 0 Å². The summed E-state index contributed by atoms with van der Waals surface area (Å²) >= 11 is 0. The minimum atomic E-state index is -0.473. The van der Waals surface area contributed by atoms with E-state index in [1.54, 1.807) is 0 Å². The number of nitrogens with two attached hydrogens (primary N) is 1. The van der Waals surface area contributed by atoms with E-state index in [4.69, 9.17) is 5.73 Å². The predicted octanol–water partition coefficient (Wildman–Crippen LogP) is -0.375. The van der Waals surface area contributed by atoms with Crippen LogP contribution in [0.15, 0.2) is 12.1 Å². The molecule has 1 aromatic rings. The van der Waals surface area contributed by atoms with Gasteiger partial charge in [-0.15, -0.1) is 0 Å². The molecule has 0 aliphatic carbocycles. The molecule has 16 heavy (non-hydrogen) atoms. The molecule has 0 atom stereocenters. The number of nitrogens with zero attached hydrogens (tertiary/aromatic N) is 1. The Bertz CT molecular complexity index is 380. The van der Waals surface area contributed by atoms with Crippen molar-refractivity contribution in [2.24, 2.45) is 5.73 Å². The van der Waals surface area contributed by atoms with Crippen molar-refractivity contribution in [2.75, 3.05) is 5.43 Å². The molecule has 7 nitrogen and oxygen atoms in total. The second kappa shape index (κ2) is 5.06. The molecule has 0 aliphatic heterocycles. The topological polar surface area (TPSA) is 118 Å². The highest BCUT2D eigenvalue weighted by atomic mass is 16.3. The molecule has 2 amide bonds. The smallest absolute Gasteiger partial charge is 0.239 e. The fourth-order valence-corrected chi connectivity index (χ4v) is 1.13. The van der Waals surface area contributed by atoms with E-state index in [-0.39, 0.29) is 24.6 Å². The van der Waals surface area contributed by atoms with Crippen molar-refractivity contribution in [1.29, 1.82) is 0 Å². The zero-order valence-corrected chi connectivity index (χ0v) is 8.51. The number of carbonyl (C=O) groups is 2. The van der Waals surface area contributed by atoms with Gasteiger partial charge in [-0.1, -0.05) is 0 Å². The summed E-state index contributed by atoms with van der Waals surface area (Å²) in [6.45, 7) is 0. The molecular weight excluding hydrogens is 214 g/mol. The normalized spacial score (nSPS) is 10.0. The Morgan fingerprint density at radius 2 is 1.81 bits per heavy atom.